The Kier molecular flexibility index (Phi) is 3.32. The van der Waals surface area contributed by atoms with Gasteiger partial charge in [-0.05, 0) is 52.9 Å². The van der Waals surface area contributed by atoms with Crippen LogP contribution in [0.1, 0.15) is 52.9 Å². The highest BCUT2D eigenvalue weighted by molar-refractivity contribution is 5.69. The van der Waals surface area contributed by atoms with E-state index in [0.29, 0.717) is 6.42 Å². The van der Waals surface area contributed by atoms with E-state index in [2.05, 4.69) is 0 Å². The fourth-order valence-electron chi connectivity index (χ4n) is 2.89. The number of nitrogens with zero attached hydrogens (tertiary/aromatic N) is 1. The molecule has 2 bridgehead atoms. The third kappa shape index (κ3) is 2.72. The average molecular weight is 243 g/mol. The van der Waals surface area contributed by atoms with Gasteiger partial charge in [-0.15, -0.1) is 0 Å². The molecule has 0 radical (unpaired) electrons. The highest BCUT2D eigenvalue weighted by Crippen LogP contribution is 2.36. The van der Waals surface area contributed by atoms with Crippen molar-refractivity contribution in [2.24, 2.45) is 0 Å². The number of carbonyl (C=O) groups excluding carboxylic acids is 1. The number of carbonyl (C=O) groups is 1. The van der Waals surface area contributed by atoms with Gasteiger partial charge in [0.05, 0.1) is 6.04 Å². The van der Waals surface area contributed by atoms with Crippen molar-refractivity contribution in [3.63, 3.8) is 0 Å². The number of hydrogen-bond donors (Lipinski definition) is 0. The molecule has 3 nitrogen and oxygen atoms in total. The van der Waals surface area contributed by atoms with Crippen LogP contribution in [-0.4, -0.2) is 34.8 Å². The summed E-state index contributed by atoms with van der Waals surface area (Å²) in [5, 5.41) is 0. The van der Waals surface area contributed by atoms with E-state index in [4.69, 9.17) is 4.74 Å². The van der Waals surface area contributed by atoms with Crippen LogP contribution in [0, 0.1) is 0 Å². The first-order chi connectivity index (χ1) is 7.88. The largest absolute Gasteiger partial charge is 0.444 e. The van der Waals surface area contributed by atoms with E-state index in [1.807, 2.05) is 20.8 Å². The van der Waals surface area contributed by atoms with Gasteiger partial charge in [0.1, 0.15) is 11.8 Å². The van der Waals surface area contributed by atoms with Gasteiger partial charge < -0.3 is 4.74 Å². The van der Waals surface area contributed by atoms with Crippen LogP contribution < -0.4 is 0 Å². The zero-order valence-corrected chi connectivity index (χ0v) is 10.9. The molecule has 0 spiro atoms. The number of amides is 1. The van der Waals surface area contributed by atoms with Gasteiger partial charge in [-0.1, -0.05) is 0 Å². The van der Waals surface area contributed by atoms with Gasteiger partial charge in [0, 0.05) is 6.04 Å². The molecular weight excluding hydrogens is 221 g/mol. The van der Waals surface area contributed by atoms with Crippen LogP contribution >= 0.6 is 0 Å². The first-order valence-electron chi connectivity index (χ1n) is 6.54. The van der Waals surface area contributed by atoms with Gasteiger partial charge in [0.15, 0.2) is 0 Å². The molecule has 2 heterocycles. The van der Waals surface area contributed by atoms with Crippen molar-refractivity contribution in [2.75, 3.05) is 0 Å². The van der Waals surface area contributed by atoms with E-state index in [1.165, 1.54) is 0 Å². The molecule has 0 aromatic carbocycles. The summed E-state index contributed by atoms with van der Waals surface area (Å²) in [6.07, 6.45) is 2.94. The van der Waals surface area contributed by atoms with E-state index >= 15 is 0 Å². The van der Waals surface area contributed by atoms with E-state index in [9.17, 15) is 9.18 Å². The lowest BCUT2D eigenvalue weighted by atomic mass is 9.84. The second-order valence-electron chi connectivity index (χ2n) is 6.13. The Morgan fingerprint density at radius 2 is 1.94 bits per heavy atom. The monoisotopic (exact) mass is 243 g/mol. The lowest BCUT2D eigenvalue weighted by Gasteiger charge is -2.47. The fraction of sp³-hybridized carbons (Fsp3) is 0.923. The summed E-state index contributed by atoms with van der Waals surface area (Å²) in [5.41, 5.74) is -0.505. The molecule has 1 amide bonds. The number of rotatable bonds is 0. The Morgan fingerprint density at radius 3 is 2.59 bits per heavy atom. The second-order valence-corrected chi connectivity index (χ2v) is 6.13. The highest BCUT2D eigenvalue weighted by Gasteiger charge is 2.44. The lowest BCUT2D eigenvalue weighted by molar-refractivity contribution is -0.0404. The summed E-state index contributed by atoms with van der Waals surface area (Å²) in [5.74, 6) is 0. The smallest absolute Gasteiger partial charge is 0.410 e. The number of ether oxygens (including phenoxy) is 1. The van der Waals surface area contributed by atoms with Crippen molar-refractivity contribution in [3.05, 3.63) is 0 Å². The minimum absolute atomic E-state index is 0.190. The molecule has 2 unspecified atom stereocenters. The summed E-state index contributed by atoms with van der Waals surface area (Å²) in [7, 11) is 0. The molecular formula is C13H22FNO2. The minimum atomic E-state index is -0.876. The number of hydrogen-bond acceptors (Lipinski definition) is 2. The van der Waals surface area contributed by atoms with Crippen LogP contribution in [0.15, 0.2) is 0 Å². The summed E-state index contributed by atoms with van der Waals surface area (Å²) in [4.78, 5) is 13.8. The Morgan fingerprint density at radius 1 is 1.24 bits per heavy atom. The first kappa shape index (κ1) is 12.7. The van der Waals surface area contributed by atoms with Crippen molar-refractivity contribution >= 4 is 6.09 Å². The molecule has 2 aliphatic rings. The standard InChI is InChI=1S/C13H22FNO2/c1-13(2,3)17-12(16)15-9-5-4-6-11(15)10(14)8-7-9/h9-11H,4-8H2,1-3H3/t9?,10-,11?/m1/s1. The van der Waals surface area contributed by atoms with Gasteiger partial charge in [-0.25, -0.2) is 9.18 Å². The normalized spacial score (nSPS) is 33.4. The maximum absolute atomic E-state index is 13.8. The summed E-state index contributed by atoms with van der Waals surface area (Å²) < 4.78 is 19.2. The van der Waals surface area contributed by atoms with E-state index in [0.717, 1.165) is 25.7 Å². The highest BCUT2D eigenvalue weighted by atomic mass is 19.1. The SMILES string of the molecule is CC(C)(C)OC(=O)N1C2CCCC1[C@H](F)CC2. The Hall–Kier alpha value is -0.800. The van der Waals surface area contributed by atoms with Crippen molar-refractivity contribution in [2.45, 2.75) is 76.7 Å². The molecule has 0 aliphatic carbocycles. The molecule has 0 N–H and O–H groups in total. The molecule has 0 aromatic rings. The second kappa shape index (κ2) is 4.46. The van der Waals surface area contributed by atoms with Crippen molar-refractivity contribution < 1.29 is 13.9 Å². The molecule has 98 valence electrons. The quantitative estimate of drug-likeness (QED) is 0.653. The van der Waals surface area contributed by atoms with E-state index in [-0.39, 0.29) is 18.2 Å². The average Bonchev–Trinajstić information content (AvgIpc) is 2.21. The maximum atomic E-state index is 13.8. The van der Waals surface area contributed by atoms with Gasteiger partial charge in [0.25, 0.3) is 0 Å². The van der Waals surface area contributed by atoms with Crippen molar-refractivity contribution in [3.8, 4) is 0 Å². The first-order valence-corrected chi connectivity index (χ1v) is 6.54. The Bertz CT molecular complexity index is 300. The summed E-state index contributed by atoms with van der Waals surface area (Å²) in [6, 6.07) is -0.0621. The maximum Gasteiger partial charge on any atom is 0.410 e. The molecule has 4 heteroatoms. The van der Waals surface area contributed by atoms with Crippen LogP contribution in [0.25, 0.3) is 0 Å². The predicted octanol–water partition coefficient (Wildman–Crippen LogP) is 3.28. The van der Waals surface area contributed by atoms with Gasteiger partial charge >= 0.3 is 6.09 Å². The molecule has 3 atom stereocenters. The van der Waals surface area contributed by atoms with Gasteiger partial charge in [0.2, 0.25) is 0 Å². The van der Waals surface area contributed by atoms with E-state index in [1.54, 1.807) is 4.90 Å². The number of fused-ring (bicyclic) bond motifs is 2. The summed E-state index contributed by atoms with van der Waals surface area (Å²) >= 11 is 0. The van der Waals surface area contributed by atoms with Crippen molar-refractivity contribution in [1.29, 1.82) is 0 Å². The lowest BCUT2D eigenvalue weighted by Crippen LogP contribution is -2.58. The number of halogens is 1. The Balaban J connectivity index is 2.10. The predicted molar refractivity (Wildman–Crippen MR) is 63.6 cm³/mol. The molecule has 0 aromatic heterocycles. The van der Waals surface area contributed by atoms with Gasteiger partial charge in [-0.3, -0.25) is 4.90 Å². The zero-order chi connectivity index (χ0) is 12.6. The van der Waals surface area contributed by atoms with Crippen molar-refractivity contribution in [1.82, 2.24) is 4.90 Å². The summed E-state index contributed by atoms with van der Waals surface area (Å²) in [6.45, 7) is 5.53. The minimum Gasteiger partial charge on any atom is -0.444 e. The third-order valence-corrected chi connectivity index (χ3v) is 3.59. The molecule has 0 saturated carbocycles. The number of alkyl halides is 1. The zero-order valence-electron chi connectivity index (χ0n) is 10.9. The molecule has 17 heavy (non-hydrogen) atoms. The molecule has 2 saturated heterocycles. The van der Waals surface area contributed by atoms with Crippen LogP contribution in [0.2, 0.25) is 0 Å². The van der Waals surface area contributed by atoms with E-state index < -0.39 is 11.8 Å². The fourth-order valence-corrected chi connectivity index (χ4v) is 2.89. The number of piperidine rings is 2. The molecule has 2 fully saturated rings. The van der Waals surface area contributed by atoms with Crippen LogP contribution in [0.4, 0.5) is 9.18 Å². The third-order valence-electron chi connectivity index (χ3n) is 3.59. The molecule has 2 rings (SSSR count). The molecule has 2 aliphatic heterocycles. The van der Waals surface area contributed by atoms with Crippen LogP contribution in [0.3, 0.4) is 0 Å². The van der Waals surface area contributed by atoms with Crippen LogP contribution in [-0.2, 0) is 4.74 Å². The Labute approximate surface area is 102 Å². The van der Waals surface area contributed by atoms with Gasteiger partial charge in [-0.2, -0.15) is 0 Å². The van der Waals surface area contributed by atoms with Crippen LogP contribution in [0.5, 0.6) is 0 Å². The topological polar surface area (TPSA) is 29.5 Å².